The molecule has 1 N–H and O–H groups in total. The summed E-state index contributed by atoms with van der Waals surface area (Å²) >= 11 is 1.49. The van der Waals surface area contributed by atoms with Crippen LogP contribution in [0.3, 0.4) is 0 Å². The molecule has 3 aromatic rings. The van der Waals surface area contributed by atoms with Crippen molar-refractivity contribution >= 4 is 21.6 Å². The fourth-order valence-electron chi connectivity index (χ4n) is 2.78. The molecule has 0 bridgehead atoms. The van der Waals surface area contributed by atoms with Crippen LogP contribution in [0.4, 0.5) is 4.39 Å². The largest absolute Gasteiger partial charge is 0.488 e. The Morgan fingerprint density at radius 3 is 3.08 bits per heavy atom. The lowest BCUT2D eigenvalue weighted by atomic mass is 10.0. The van der Waals surface area contributed by atoms with Crippen LogP contribution < -0.4 is 9.47 Å². The Labute approximate surface area is 142 Å². The number of ether oxygens (including phenoxy) is 2. The lowest BCUT2D eigenvalue weighted by Gasteiger charge is -2.25. The van der Waals surface area contributed by atoms with E-state index < -0.39 is 0 Å². The topological polar surface area (TPSA) is 51.6 Å². The van der Waals surface area contributed by atoms with Gasteiger partial charge in [0.25, 0.3) is 0 Å². The number of thiazole rings is 1. The Bertz CT molecular complexity index is 880. The van der Waals surface area contributed by atoms with Gasteiger partial charge in [-0.15, -0.1) is 11.3 Å². The van der Waals surface area contributed by atoms with Gasteiger partial charge in [0.05, 0.1) is 16.8 Å². The Morgan fingerprint density at radius 1 is 1.29 bits per heavy atom. The first kappa shape index (κ1) is 15.4. The summed E-state index contributed by atoms with van der Waals surface area (Å²) in [5.41, 5.74) is 1.78. The number of benzene rings is 2. The number of hydrogen-bond donors (Lipinski definition) is 1. The molecule has 0 spiro atoms. The van der Waals surface area contributed by atoms with Gasteiger partial charge in [0.15, 0.2) is 0 Å². The fraction of sp³-hybridized carbons (Fsp3) is 0.278. The number of aliphatic hydroxyl groups excluding tert-OH is 1. The van der Waals surface area contributed by atoms with Crippen molar-refractivity contribution in [1.82, 2.24) is 4.98 Å². The summed E-state index contributed by atoms with van der Waals surface area (Å²) in [4.78, 5) is 4.39. The van der Waals surface area contributed by atoms with E-state index >= 15 is 0 Å². The third-order valence-corrected chi connectivity index (χ3v) is 5.04. The van der Waals surface area contributed by atoms with Crippen LogP contribution in [0, 0.1) is 5.82 Å². The molecule has 1 aromatic heterocycles. The van der Waals surface area contributed by atoms with Crippen molar-refractivity contribution in [2.75, 3.05) is 6.61 Å². The first-order valence-corrected chi connectivity index (χ1v) is 8.61. The van der Waals surface area contributed by atoms with Gasteiger partial charge in [0.2, 0.25) is 0 Å². The van der Waals surface area contributed by atoms with E-state index in [1.54, 1.807) is 6.07 Å². The van der Waals surface area contributed by atoms with Gasteiger partial charge < -0.3 is 14.6 Å². The summed E-state index contributed by atoms with van der Waals surface area (Å²) in [6.07, 6.45) is 1.57. The van der Waals surface area contributed by atoms with Gasteiger partial charge in [0.1, 0.15) is 35.0 Å². The van der Waals surface area contributed by atoms with Crippen LogP contribution in [0.2, 0.25) is 0 Å². The molecule has 0 radical (unpaired) electrons. The first-order chi connectivity index (χ1) is 11.7. The average Bonchev–Trinajstić information content (AvgIpc) is 3.01. The standard InChI is InChI=1S/C18H16FNO3S/c19-12-3-6-17-15(7-12)20-18(24-17)10-22-13-4-1-11-2-5-14(9-21)23-16(11)8-13/h1,3-4,6-8,14,21H,2,5,9-10H2. The smallest absolute Gasteiger partial charge is 0.140 e. The van der Waals surface area contributed by atoms with Gasteiger partial charge in [-0.2, -0.15) is 0 Å². The second-order valence-electron chi connectivity index (χ2n) is 5.74. The number of halogens is 1. The molecule has 4 nitrogen and oxygen atoms in total. The third-order valence-electron chi connectivity index (χ3n) is 4.03. The highest BCUT2D eigenvalue weighted by molar-refractivity contribution is 7.18. The Hall–Kier alpha value is -2.18. The molecular weight excluding hydrogens is 329 g/mol. The van der Waals surface area contributed by atoms with Crippen molar-refractivity contribution in [2.24, 2.45) is 0 Å². The van der Waals surface area contributed by atoms with Crippen molar-refractivity contribution in [2.45, 2.75) is 25.6 Å². The molecule has 1 unspecified atom stereocenters. The predicted molar refractivity (Wildman–Crippen MR) is 90.2 cm³/mol. The summed E-state index contributed by atoms with van der Waals surface area (Å²) in [6.45, 7) is 0.343. The highest BCUT2D eigenvalue weighted by atomic mass is 32.1. The zero-order valence-corrected chi connectivity index (χ0v) is 13.7. The van der Waals surface area contributed by atoms with Crippen LogP contribution >= 0.6 is 11.3 Å². The molecule has 0 fully saturated rings. The molecule has 0 saturated heterocycles. The maximum atomic E-state index is 13.2. The lowest BCUT2D eigenvalue weighted by molar-refractivity contribution is 0.0974. The summed E-state index contributed by atoms with van der Waals surface area (Å²) in [6, 6.07) is 10.3. The Kier molecular flexibility index (Phi) is 4.08. The number of aliphatic hydroxyl groups is 1. The normalized spacial score (nSPS) is 16.7. The van der Waals surface area contributed by atoms with E-state index in [-0.39, 0.29) is 18.5 Å². The molecule has 0 saturated carbocycles. The van der Waals surface area contributed by atoms with E-state index in [1.807, 2.05) is 18.2 Å². The second kappa shape index (κ2) is 6.37. The van der Waals surface area contributed by atoms with Gasteiger partial charge in [-0.3, -0.25) is 0 Å². The van der Waals surface area contributed by atoms with Gasteiger partial charge in [-0.05, 0) is 36.6 Å². The molecule has 1 aliphatic heterocycles. The molecule has 24 heavy (non-hydrogen) atoms. The van der Waals surface area contributed by atoms with Crippen molar-refractivity contribution in [1.29, 1.82) is 0 Å². The molecule has 1 aliphatic rings. The minimum Gasteiger partial charge on any atom is -0.488 e. The molecule has 6 heteroatoms. The molecule has 0 amide bonds. The van der Waals surface area contributed by atoms with Gasteiger partial charge in [-0.25, -0.2) is 9.37 Å². The number of rotatable bonds is 4. The second-order valence-corrected chi connectivity index (χ2v) is 6.85. The van der Waals surface area contributed by atoms with Crippen LogP contribution in [0.1, 0.15) is 17.0 Å². The Morgan fingerprint density at radius 2 is 2.21 bits per heavy atom. The minimum absolute atomic E-state index is 0.0206. The maximum absolute atomic E-state index is 13.2. The van der Waals surface area contributed by atoms with E-state index in [0.29, 0.717) is 17.9 Å². The number of fused-ring (bicyclic) bond motifs is 2. The SMILES string of the molecule is OCC1CCc2ccc(OCc3nc4cc(F)ccc4s3)cc2O1. The summed E-state index contributed by atoms with van der Waals surface area (Å²) in [7, 11) is 0. The fourth-order valence-corrected chi connectivity index (χ4v) is 3.64. The minimum atomic E-state index is -0.287. The highest BCUT2D eigenvalue weighted by Crippen LogP contribution is 2.32. The number of aromatic nitrogens is 1. The zero-order chi connectivity index (χ0) is 16.5. The Balaban J connectivity index is 1.49. The van der Waals surface area contributed by atoms with E-state index in [1.165, 1.54) is 23.5 Å². The van der Waals surface area contributed by atoms with Crippen molar-refractivity contribution in [3.05, 3.63) is 52.8 Å². The third kappa shape index (κ3) is 3.07. The summed E-state index contributed by atoms with van der Waals surface area (Å²) in [5, 5.41) is 10.0. The molecule has 2 heterocycles. The van der Waals surface area contributed by atoms with E-state index in [2.05, 4.69) is 4.98 Å². The predicted octanol–water partition coefficient (Wildman–Crippen LogP) is 3.70. The van der Waals surface area contributed by atoms with Gasteiger partial charge in [-0.1, -0.05) is 6.07 Å². The first-order valence-electron chi connectivity index (χ1n) is 7.79. The van der Waals surface area contributed by atoms with E-state index in [4.69, 9.17) is 9.47 Å². The molecule has 2 aromatic carbocycles. The van der Waals surface area contributed by atoms with Crippen LogP contribution in [-0.4, -0.2) is 22.8 Å². The quantitative estimate of drug-likeness (QED) is 0.783. The number of nitrogens with zero attached hydrogens (tertiary/aromatic N) is 1. The summed E-state index contributed by atoms with van der Waals surface area (Å²) in [5.74, 6) is 1.17. The van der Waals surface area contributed by atoms with Gasteiger partial charge in [0, 0.05) is 12.1 Å². The van der Waals surface area contributed by atoms with Crippen LogP contribution in [-0.2, 0) is 13.0 Å². The zero-order valence-electron chi connectivity index (χ0n) is 12.9. The van der Waals surface area contributed by atoms with Crippen LogP contribution in [0.15, 0.2) is 36.4 Å². The van der Waals surface area contributed by atoms with Crippen molar-refractivity contribution in [3.63, 3.8) is 0 Å². The monoisotopic (exact) mass is 345 g/mol. The number of aryl methyl sites for hydroxylation is 1. The maximum Gasteiger partial charge on any atom is 0.140 e. The molecule has 4 rings (SSSR count). The highest BCUT2D eigenvalue weighted by Gasteiger charge is 2.19. The van der Waals surface area contributed by atoms with E-state index in [9.17, 15) is 9.50 Å². The summed E-state index contributed by atoms with van der Waals surface area (Å²) < 4.78 is 25.7. The number of hydrogen-bond acceptors (Lipinski definition) is 5. The molecular formula is C18H16FNO3S. The van der Waals surface area contributed by atoms with E-state index in [0.717, 1.165) is 33.9 Å². The van der Waals surface area contributed by atoms with Crippen molar-refractivity contribution in [3.8, 4) is 11.5 Å². The van der Waals surface area contributed by atoms with Gasteiger partial charge >= 0.3 is 0 Å². The lowest BCUT2D eigenvalue weighted by Crippen LogP contribution is -2.26. The van der Waals surface area contributed by atoms with Crippen molar-refractivity contribution < 1.29 is 19.0 Å². The average molecular weight is 345 g/mol. The molecule has 124 valence electrons. The molecule has 1 atom stereocenters. The van der Waals surface area contributed by atoms with Crippen LogP contribution in [0.25, 0.3) is 10.2 Å². The van der Waals surface area contributed by atoms with Crippen LogP contribution in [0.5, 0.6) is 11.5 Å². The molecule has 0 aliphatic carbocycles.